The van der Waals surface area contributed by atoms with Gasteiger partial charge in [0.2, 0.25) is 0 Å². The summed E-state index contributed by atoms with van der Waals surface area (Å²) in [5.41, 5.74) is 6.37. The number of unbranched alkanes of at least 4 members (excludes halogenated alkanes) is 3. The second kappa shape index (κ2) is 7.51. The third-order valence-electron chi connectivity index (χ3n) is 2.46. The standard InChI is InChI=1S/C13H18ClNOS/c1-2-3-4-5-8-16-12-9-10(14)6-7-11(12)13(15)17/h6-7,9H,2-5,8H2,1H3,(H2,15,17). The van der Waals surface area contributed by atoms with E-state index in [1.807, 2.05) is 0 Å². The molecule has 0 unspecified atom stereocenters. The van der Waals surface area contributed by atoms with Gasteiger partial charge in [-0.2, -0.15) is 0 Å². The van der Waals surface area contributed by atoms with Crippen LogP contribution in [0.2, 0.25) is 5.02 Å². The van der Waals surface area contributed by atoms with Crippen LogP contribution in [0.15, 0.2) is 18.2 Å². The fourth-order valence-corrected chi connectivity index (χ4v) is 1.86. The summed E-state index contributed by atoms with van der Waals surface area (Å²) in [6, 6.07) is 5.32. The van der Waals surface area contributed by atoms with E-state index in [1.54, 1.807) is 18.2 Å². The molecule has 0 saturated heterocycles. The number of hydrogen-bond acceptors (Lipinski definition) is 2. The smallest absolute Gasteiger partial charge is 0.130 e. The van der Waals surface area contributed by atoms with E-state index in [9.17, 15) is 0 Å². The summed E-state index contributed by atoms with van der Waals surface area (Å²) < 4.78 is 5.67. The van der Waals surface area contributed by atoms with Crippen LogP contribution in [-0.4, -0.2) is 11.6 Å². The van der Waals surface area contributed by atoms with Crippen LogP contribution in [0, 0.1) is 0 Å². The van der Waals surface area contributed by atoms with Crippen LogP contribution in [0.1, 0.15) is 38.2 Å². The lowest BCUT2D eigenvalue weighted by atomic mass is 10.2. The van der Waals surface area contributed by atoms with Gasteiger partial charge in [0.15, 0.2) is 0 Å². The van der Waals surface area contributed by atoms with Gasteiger partial charge >= 0.3 is 0 Å². The quantitative estimate of drug-likeness (QED) is 0.603. The van der Waals surface area contributed by atoms with E-state index < -0.39 is 0 Å². The predicted molar refractivity (Wildman–Crippen MR) is 77.0 cm³/mol. The Morgan fingerprint density at radius 3 is 2.76 bits per heavy atom. The molecule has 2 nitrogen and oxygen atoms in total. The maximum absolute atomic E-state index is 5.92. The van der Waals surface area contributed by atoms with Crippen molar-refractivity contribution >= 4 is 28.8 Å². The van der Waals surface area contributed by atoms with E-state index in [4.69, 9.17) is 34.3 Å². The van der Waals surface area contributed by atoms with Crippen LogP contribution in [-0.2, 0) is 0 Å². The van der Waals surface area contributed by atoms with Gasteiger partial charge in [-0.15, -0.1) is 0 Å². The van der Waals surface area contributed by atoms with Crippen molar-refractivity contribution in [3.8, 4) is 5.75 Å². The second-order valence-corrected chi connectivity index (χ2v) is 4.79. The number of thiocarbonyl (C=S) groups is 1. The van der Waals surface area contributed by atoms with Gasteiger partial charge in [0.1, 0.15) is 10.7 Å². The van der Waals surface area contributed by atoms with Crippen molar-refractivity contribution < 1.29 is 4.74 Å². The van der Waals surface area contributed by atoms with Crippen molar-refractivity contribution in [1.29, 1.82) is 0 Å². The molecule has 0 heterocycles. The highest BCUT2D eigenvalue weighted by Crippen LogP contribution is 2.23. The molecule has 0 atom stereocenters. The van der Waals surface area contributed by atoms with E-state index in [0.717, 1.165) is 12.0 Å². The van der Waals surface area contributed by atoms with Crippen LogP contribution >= 0.6 is 23.8 Å². The van der Waals surface area contributed by atoms with Crippen molar-refractivity contribution in [2.75, 3.05) is 6.61 Å². The molecule has 0 aliphatic heterocycles. The highest BCUT2D eigenvalue weighted by molar-refractivity contribution is 7.80. The molecule has 0 amide bonds. The fraction of sp³-hybridized carbons (Fsp3) is 0.462. The van der Waals surface area contributed by atoms with Gasteiger partial charge in [-0.25, -0.2) is 0 Å². The van der Waals surface area contributed by atoms with Gasteiger partial charge in [0.25, 0.3) is 0 Å². The molecule has 0 bridgehead atoms. The largest absolute Gasteiger partial charge is 0.493 e. The normalized spacial score (nSPS) is 10.2. The Balaban J connectivity index is 2.56. The number of rotatable bonds is 7. The minimum Gasteiger partial charge on any atom is -0.493 e. The highest BCUT2D eigenvalue weighted by atomic mass is 35.5. The lowest BCUT2D eigenvalue weighted by molar-refractivity contribution is 0.304. The molecule has 0 saturated carbocycles. The molecule has 0 aliphatic rings. The third-order valence-corrected chi connectivity index (χ3v) is 2.92. The summed E-state index contributed by atoms with van der Waals surface area (Å²) in [7, 11) is 0. The molecule has 1 aromatic rings. The van der Waals surface area contributed by atoms with Crippen LogP contribution in [0.4, 0.5) is 0 Å². The van der Waals surface area contributed by atoms with Gasteiger partial charge < -0.3 is 10.5 Å². The summed E-state index contributed by atoms with van der Waals surface area (Å²) in [4.78, 5) is 0.338. The minimum atomic E-state index is 0.338. The minimum absolute atomic E-state index is 0.338. The summed E-state index contributed by atoms with van der Waals surface area (Å²) in [5.74, 6) is 0.682. The maximum Gasteiger partial charge on any atom is 0.130 e. The molecule has 0 aromatic heterocycles. The SMILES string of the molecule is CCCCCCOc1cc(Cl)ccc1C(N)=S. The number of nitrogens with two attached hydrogens (primary N) is 1. The first kappa shape index (κ1) is 14.3. The van der Waals surface area contributed by atoms with Gasteiger partial charge in [-0.3, -0.25) is 0 Å². The van der Waals surface area contributed by atoms with Crippen molar-refractivity contribution in [3.63, 3.8) is 0 Å². The Kier molecular flexibility index (Phi) is 6.30. The Hall–Kier alpha value is -0.800. The Bertz CT molecular complexity index is 382. The van der Waals surface area contributed by atoms with Crippen molar-refractivity contribution in [1.82, 2.24) is 0 Å². The number of hydrogen-bond donors (Lipinski definition) is 1. The molecule has 1 rings (SSSR count). The van der Waals surface area contributed by atoms with Crippen LogP contribution in [0.3, 0.4) is 0 Å². The maximum atomic E-state index is 5.92. The van der Waals surface area contributed by atoms with E-state index in [0.29, 0.717) is 22.4 Å². The van der Waals surface area contributed by atoms with Gasteiger partial charge in [-0.1, -0.05) is 50.0 Å². The zero-order chi connectivity index (χ0) is 12.7. The van der Waals surface area contributed by atoms with Crippen molar-refractivity contribution in [2.24, 2.45) is 5.73 Å². The fourth-order valence-electron chi connectivity index (χ4n) is 1.53. The second-order valence-electron chi connectivity index (χ2n) is 3.91. The summed E-state index contributed by atoms with van der Waals surface area (Å²) in [6.07, 6.45) is 4.67. The zero-order valence-electron chi connectivity index (χ0n) is 10.0. The Labute approximate surface area is 113 Å². The average Bonchev–Trinajstić information content (AvgIpc) is 2.28. The number of benzene rings is 1. The van der Waals surface area contributed by atoms with Crippen LogP contribution in [0.5, 0.6) is 5.75 Å². The first-order valence-electron chi connectivity index (χ1n) is 5.87. The molecular formula is C13H18ClNOS. The third kappa shape index (κ3) is 4.92. The molecule has 94 valence electrons. The summed E-state index contributed by atoms with van der Waals surface area (Å²) >= 11 is 10.9. The molecule has 0 aliphatic carbocycles. The van der Waals surface area contributed by atoms with Crippen molar-refractivity contribution in [3.05, 3.63) is 28.8 Å². The van der Waals surface area contributed by atoms with E-state index in [-0.39, 0.29) is 0 Å². The monoisotopic (exact) mass is 271 g/mol. The first-order chi connectivity index (χ1) is 8.15. The molecule has 2 N–H and O–H groups in total. The molecule has 4 heteroatoms. The van der Waals surface area contributed by atoms with E-state index in [2.05, 4.69) is 6.92 Å². The highest BCUT2D eigenvalue weighted by Gasteiger charge is 2.07. The molecule has 0 radical (unpaired) electrons. The predicted octanol–water partition coefficient (Wildman–Crippen LogP) is 3.93. The van der Waals surface area contributed by atoms with Gasteiger partial charge in [0, 0.05) is 5.02 Å². The average molecular weight is 272 g/mol. The van der Waals surface area contributed by atoms with E-state index in [1.165, 1.54) is 19.3 Å². The topological polar surface area (TPSA) is 35.2 Å². The first-order valence-corrected chi connectivity index (χ1v) is 6.66. The Morgan fingerprint density at radius 1 is 1.35 bits per heavy atom. The van der Waals surface area contributed by atoms with Crippen LogP contribution < -0.4 is 10.5 Å². The molecule has 0 spiro atoms. The molecule has 1 aromatic carbocycles. The van der Waals surface area contributed by atoms with Crippen molar-refractivity contribution in [2.45, 2.75) is 32.6 Å². The van der Waals surface area contributed by atoms with Crippen LogP contribution in [0.25, 0.3) is 0 Å². The van der Waals surface area contributed by atoms with E-state index >= 15 is 0 Å². The molecule has 17 heavy (non-hydrogen) atoms. The van der Waals surface area contributed by atoms with Gasteiger partial charge in [0.05, 0.1) is 12.2 Å². The summed E-state index contributed by atoms with van der Waals surface area (Å²) in [6.45, 7) is 2.86. The zero-order valence-corrected chi connectivity index (χ0v) is 11.6. The Morgan fingerprint density at radius 2 is 2.12 bits per heavy atom. The van der Waals surface area contributed by atoms with Gasteiger partial charge in [-0.05, 0) is 24.6 Å². The lowest BCUT2D eigenvalue weighted by Gasteiger charge is -2.10. The number of ether oxygens (including phenoxy) is 1. The molecule has 0 fully saturated rings. The number of halogens is 1. The summed E-state index contributed by atoms with van der Waals surface area (Å²) in [5, 5.41) is 0.633. The lowest BCUT2D eigenvalue weighted by Crippen LogP contribution is -2.12. The molecular weight excluding hydrogens is 254 g/mol.